The van der Waals surface area contributed by atoms with Crippen LogP contribution in [0.1, 0.15) is 11.4 Å². The first kappa shape index (κ1) is 29.4. The van der Waals surface area contributed by atoms with Gasteiger partial charge in [0.2, 0.25) is 0 Å². The molecule has 1 aliphatic heterocycles. The van der Waals surface area contributed by atoms with Crippen molar-refractivity contribution in [3.05, 3.63) is 54.8 Å². The molecule has 0 saturated carbocycles. The molecule has 0 bridgehead atoms. The number of hydrogen-bond acceptors (Lipinski definition) is 6. The summed E-state index contributed by atoms with van der Waals surface area (Å²) in [7, 11) is 2.04. The molecule has 9 nitrogen and oxygen atoms in total. The monoisotopic (exact) mass is 511 g/mol. The number of nitrogens with zero attached hydrogens (tertiary/aromatic N) is 5. The van der Waals surface area contributed by atoms with Crippen LogP contribution in [0.4, 0.5) is 32.2 Å². The highest BCUT2D eigenvalue weighted by Crippen LogP contribution is 2.23. The van der Waals surface area contributed by atoms with Crippen LogP contribution in [0.5, 0.6) is 0 Å². The second-order valence-corrected chi connectivity index (χ2v) is 6.99. The van der Waals surface area contributed by atoms with Crippen molar-refractivity contribution in [2.45, 2.75) is 25.4 Å². The summed E-state index contributed by atoms with van der Waals surface area (Å²) in [5, 5.41) is 14.2. The van der Waals surface area contributed by atoms with Gasteiger partial charge in [-0.3, -0.25) is 4.90 Å². The number of pyridine rings is 1. The zero-order valence-electron chi connectivity index (χ0n) is 18.4. The summed E-state index contributed by atoms with van der Waals surface area (Å²) in [6.45, 7) is 8.41. The molecular formula is C20H23F6N5O4. The van der Waals surface area contributed by atoms with Crippen LogP contribution in [0, 0.1) is 0 Å². The predicted molar refractivity (Wildman–Crippen MR) is 111 cm³/mol. The molecule has 2 N–H and O–H groups in total. The van der Waals surface area contributed by atoms with E-state index in [9.17, 15) is 26.3 Å². The number of halogens is 6. The Bertz CT molecular complexity index is 969. The number of rotatable bonds is 4. The maximum atomic E-state index is 10.6. The summed E-state index contributed by atoms with van der Waals surface area (Å²) in [4.78, 5) is 31.5. The van der Waals surface area contributed by atoms with Gasteiger partial charge in [-0.15, -0.1) is 6.58 Å². The summed E-state index contributed by atoms with van der Waals surface area (Å²) in [6.07, 6.45) is -2.52. The van der Waals surface area contributed by atoms with Gasteiger partial charge < -0.3 is 19.7 Å². The van der Waals surface area contributed by atoms with Gasteiger partial charge in [-0.05, 0) is 6.07 Å². The third-order valence-electron chi connectivity index (χ3n) is 4.37. The molecule has 0 radical (unpaired) electrons. The van der Waals surface area contributed by atoms with Crippen LogP contribution in [0.2, 0.25) is 0 Å². The van der Waals surface area contributed by atoms with Gasteiger partial charge in [0.05, 0.1) is 6.54 Å². The lowest BCUT2D eigenvalue weighted by molar-refractivity contribution is -0.193. The van der Waals surface area contributed by atoms with Crippen LogP contribution in [0.25, 0.3) is 0 Å². The Morgan fingerprint density at radius 3 is 2.09 bits per heavy atom. The molecule has 0 atom stereocenters. The molecule has 0 fully saturated rings. The quantitative estimate of drug-likeness (QED) is 0.476. The van der Waals surface area contributed by atoms with E-state index in [4.69, 9.17) is 19.8 Å². The van der Waals surface area contributed by atoms with Crippen molar-refractivity contribution >= 4 is 17.8 Å². The van der Waals surface area contributed by atoms with Gasteiger partial charge >= 0.3 is 24.3 Å². The minimum absolute atomic E-state index is 0.834. The van der Waals surface area contributed by atoms with Crippen LogP contribution in [0.3, 0.4) is 0 Å². The average Bonchev–Trinajstić information content (AvgIpc) is 3.06. The first-order valence-electron chi connectivity index (χ1n) is 9.75. The summed E-state index contributed by atoms with van der Waals surface area (Å²) in [6, 6.07) is 4.17. The van der Waals surface area contributed by atoms with Crippen LogP contribution < -0.4 is 4.90 Å². The van der Waals surface area contributed by atoms with Crippen molar-refractivity contribution in [2.75, 3.05) is 24.5 Å². The van der Waals surface area contributed by atoms with E-state index in [-0.39, 0.29) is 0 Å². The highest BCUT2D eigenvalue weighted by molar-refractivity contribution is 5.73. The van der Waals surface area contributed by atoms with Gasteiger partial charge in [-0.2, -0.15) is 26.3 Å². The van der Waals surface area contributed by atoms with Gasteiger partial charge in [-0.25, -0.2) is 19.6 Å². The molecule has 194 valence electrons. The highest BCUT2D eigenvalue weighted by atomic mass is 19.4. The van der Waals surface area contributed by atoms with Crippen molar-refractivity contribution in [3.63, 3.8) is 0 Å². The van der Waals surface area contributed by atoms with Crippen molar-refractivity contribution in [1.29, 1.82) is 0 Å². The number of hydrogen-bond donors (Lipinski definition) is 2. The number of carbonyl (C=O) groups is 2. The third kappa shape index (κ3) is 10.0. The number of anilines is 1. The minimum Gasteiger partial charge on any atom is -0.475 e. The molecule has 0 aromatic carbocycles. The van der Waals surface area contributed by atoms with E-state index < -0.39 is 24.3 Å². The first-order chi connectivity index (χ1) is 16.2. The molecule has 0 aliphatic carbocycles. The zero-order valence-corrected chi connectivity index (χ0v) is 18.4. The lowest BCUT2D eigenvalue weighted by Crippen LogP contribution is -2.32. The first-order valence-corrected chi connectivity index (χ1v) is 9.75. The van der Waals surface area contributed by atoms with Gasteiger partial charge in [0.25, 0.3) is 0 Å². The number of carboxylic acids is 2. The van der Waals surface area contributed by atoms with Crippen molar-refractivity contribution in [1.82, 2.24) is 19.4 Å². The predicted octanol–water partition coefficient (Wildman–Crippen LogP) is 3.09. The van der Waals surface area contributed by atoms with Crippen molar-refractivity contribution < 1.29 is 46.1 Å². The fraction of sp³-hybridized carbons (Fsp3) is 0.400. The SMILES string of the molecule is C=CCN1CCN(Cc2nccn2C)Cc2cccnc21.O=C(O)C(F)(F)F.O=C(O)C(F)(F)F. The minimum atomic E-state index is -5.08. The molecule has 2 aromatic rings. The Balaban J connectivity index is 0.000000362. The molecule has 0 spiro atoms. The molecule has 1 aliphatic rings. The van der Waals surface area contributed by atoms with Crippen molar-refractivity contribution in [2.24, 2.45) is 7.05 Å². The Morgan fingerprint density at radius 1 is 1.06 bits per heavy atom. The third-order valence-corrected chi connectivity index (χ3v) is 4.37. The molecule has 2 aromatic heterocycles. The van der Waals surface area contributed by atoms with E-state index in [1.165, 1.54) is 5.56 Å². The van der Waals surface area contributed by atoms with Gasteiger partial charge in [-0.1, -0.05) is 12.1 Å². The summed E-state index contributed by atoms with van der Waals surface area (Å²) < 4.78 is 65.6. The van der Waals surface area contributed by atoms with Gasteiger partial charge in [0.1, 0.15) is 11.6 Å². The van der Waals surface area contributed by atoms with E-state index >= 15 is 0 Å². The zero-order chi connectivity index (χ0) is 26.8. The van der Waals surface area contributed by atoms with E-state index in [0.717, 1.165) is 44.4 Å². The fourth-order valence-corrected chi connectivity index (χ4v) is 2.74. The Hall–Kier alpha value is -3.62. The number of aliphatic carboxylic acids is 2. The molecule has 0 unspecified atom stereocenters. The van der Waals surface area contributed by atoms with Gasteiger partial charge in [0.15, 0.2) is 0 Å². The second kappa shape index (κ2) is 12.7. The lowest BCUT2D eigenvalue weighted by atomic mass is 10.2. The number of alkyl halides is 6. The van der Waals surface area contributed by atoms with Crippen LogP contribution in [-0.4, -0.2) is 73.6 Å². The van der Waals surface area contributed by atoms with Crippen LogP contribution >= 0.6 is 0 Å². The molecule has 15 heteroatoms. The molecule has 3 heterocycles. The molecule has 3 rings (SSSR count). The topological polar surface area (TPSA) is 112 Å². The average molecular weight is 511 g/mol. The number of aryl methyl sites for hydroxylation is 1. The fourth-order valence-electron chi connectivity index (χ4n) is 2.74. The Labute approximate surface area is 195 Å². The summed E-state index contributed by atoms with van der Waals surface area (Å²) >= 11 is 0. The number of imidazole rings is 1. The van der Waals surface area contributed by atoms with Crippen LogP contribution in [-0.2, 0) is 29.7 Å². The highest BCUT2D eigenvalue weighted by Gasteiger charge is 2.38. The normalized spacial score (nSPS) is 13.9. The second-order valence-electron chi connectivity index (χ2n) is 6.99. The summed E-state index contributed by atoms with van der Waals surface area (Å²) in [5.74, 6) is -3.34. The van der Waals surface area contributed by atoms with E-state index in [1.807, 2.05) is 37.8 Å². The smallest absolute Gasteiger partial charge is 0.475 e. The molecular weight excluding hydrogens is 488 g/mol. The maximum absolute atomic E-state index is 10.6. The maximum Gasteiger partial charge on any atom is 0.490 e. The van der Waals surface area contributed by atoms with Gasteiger partial charge in [0, 0.05) is 57.4 Å². The standard InChI is InChI=1S/C16H21N5.2C2HF3O2/c1-3-8-21-11-10-20(13-15-17-7-9-19(15)2)12-14-5-4-6-18-16(14)21;2*3-2(4,5)1(6)7/h3-7,9H,1,8,10-13H2,2H3;2*(H,6,7). The summed E-state index contributed by atoms with van der Waals surface area (Å²) in [5.41, 5.74) is 1.27. The van der Waals surface area contributed by atoms with E-state index in [2.05, 4.69) is 37.0 Å². The van der Waals surface area contributed by atoms with Crippen molar-refractivity contribution in [3.8, 4) is 0 Å². The number of aromatic nitrogens is 3. The largest absolute Gasteiger partial charge is 0.490 e. The van der Waals surface area contributed by atoms with Crippen LogP contribution in [0.15, 0.2) is 43.4 Å². The molecule has 0 saturated heterocycles. The Morgan fingerprint density at radius 2 is 1.63 bits per heavy atom. The lowest BCUT2D eigenvalue weighted by Gasteiger charge is -2.22. The number of fused-ring (bicyclic) bond motifs is 1. The van der Waals surface area contributed by atoms with E-state index in [1.54, 1.807) is 0 Å². The molecule has 35 heavy (non-hydrogen) atoms. The van der Waals surface area contributed by atoms with E-state index in [0.29, 0.717) is 0 Å². The number of carboxylic acid groups (broad SMARTS) is 2. The Kier molecular flexibility index (Phi) is 10.7. The molecule has 0 amide bonds.